The van der Waals surface area contributed by atoms with Crippen molar-refractivity contribution in [1.29, 1.82) is 0 Å². The number of carbonyl (C=O) groups is 1. The van der Waals surface area contributed by atoms with E-state index in [-0.39, 0.29) is 11.9 Å². The number of hydrogen-bond acceptors (Lipinski definition) is 9. The lowest BCUT2D eigenvalue weighted by Crippen LogP contribution is -2.49. The molecule has 1 saturated heterocycles. The van der Waals surface area contributed by atoms with Gasteiger partial charge in [0.2, 0.25) is 29.3 Å². The number of pyridine rings is 1. The third-order valence-electron chi connectivity index (χ3n) is 6.28. The van der Waals surface area contributed by atoms with Gasteiger partial charge < -0.3 is 13.9 Å². The molecule has 180 valence electrons. The molecule has 0 radical (unpaired) electrons. The van der Waals surface area contributed by atoms with Gasteiger partial charge >= 0.3 is 0 Å². The lowest BCUT2D eigenvalue weighted by molar-refractivity contribution is -0.133. The van der Waals surface area contributed by atoms with Gasteiger partial charge in [0, 0.05) is 62.5 Å². The molecule has 35 heavy (non-hydrogen) atoms. The number of amides is 1. The quantitative estimate of drug-likeness (QED) is 0.399. The highest BCUT2D eigenvalue weighted by Gasteiger charge is 2.28. The van der Waals surface area contributed by atoms with Gasteiger partial charge in [-0.2, -0.15) is 9.97 Å². The van der Waals surface area contributed by atoms with E-state index in [1.165, 1.54) is 5.56 Å². The van der Waals surface area contributed by atoms with E-state index in [0.717, 1.165) is 24.2 Å². The number of rotatable bonds is 7. The summed E-state index contributed by atoms with van der Waals surface area (Å²) in [7, 11) is 0. The summed E-state index contributed by atoms with van der Waals surface area (Å²) in [6.45, 7) is 6.87. The molecular weight excluding hydrogens is 446 g/mol. The molecule has 4 aromatic rings. The predicted octanol–water partition coefficient (Wildman–Crippen LogP) is 3.33. The minimum atomic E-state index is -0.0241. The number of piperazine rings is 1. The van der Waals surface area contributed by atoms with Gasteiger partial charge in [-0.05, 0) is 26.0 Å². The summed E-state index contributed by atoms with van der Waals surface area (Å²) in [6.07, 6.45) is 4.10. The molecule has 0 bridgehead atoms. The minimum absolute atomic E-state index is 0.0241. The van der Waals surface area contributed by atoms with Gasteiger partial charge in [-0.15, -0.1) is 0 Å². The fraction of sp³-hybridized carbons (Fsp3) is 0.360. The van der Waals surface area contributed by atoms with E-state index in [1.54, 1.807) is 12.4 Å². The molecule has 1 aliphatic heterocycles. The summed E-state index contributed by atoms with van der Waals surface area (Å²) >= 11 is 0. The Labute approximate surface area is 203 Å². The molecule has 0 aliphatic carbocycles. The molecule has 1 amide bonds. The standard InChI is InChI=1S/C25H27N7O3/c1-17-3-5-19(6-4-17)24-28-25(35-30-24)18(2)31-13-15-32(16-14-31)22(33)8-7-21-27-23(29-34-21)20-9-11-26-12-10-20/h3-6,9-12,18H,7-8,13-16H2,1-2H3. The van der Waals surface area contributed by atoms with Crippen LogP contribution in [0.1, 0.15) is 36.7 Å². The van der Waals surface area contributed by atoms with Gasteiger partial charge in [0.15, 0.2) is 0 Å². The first kappa shape index (κ1) is 22.9. The molecule has 0 N–H and O–H groups in total. The number of benzene rings is 1. The van der Waals surface area contributed by atoms with Crippen LogP contribution in [0, 0.1) is 6.92 Å². The number of aryl methyl sites for hydroxylation is 2. The average Bonchev–Trinajstić information content (AvgIpc) is 3.58. The van der Waals surface area contributed by atoms with Crippen molar-refractivity contribution in [3.63, 3.8) is 0 Å². The SMILES string of the molecule is Cc1ccc(-c2noc(C(C)N3CCN(C(=O)CCc4nc(-c5ccncc5)no4)CC3)n2)cc1. The summed E-state index contributed by atoms with van der Waals surface area (Å²) in [5.74, 6) is 2.22. The number of aromatic nitrogens is 5. The van der Waals surface area contributed by atoms with E-state index in [0.29, 0.717) is 49.4 Å². The Morgan fingerprint density at radius 1 is 0.914 bits per heavy atom. The molecule has 1 aliphatic rings. The zero-order valence-electron chi connectivity index (χ0n) is 19.8. The van der Waals surface area contributed by atoms with Crippen LogP contribution in [-0.4, -0.2) is 67.2 Å². The zero-order valence-corrected chi connectivity index (χ0v) is 19.8. The predicted molar refractivity (Wildman–Crippen MR) is 127 cm³/mol. The molecule has 3 aromatic heterocycles. The summed E-state index contributed by atoms with van der Waals surface area (Å²) in [4.78, 5) is 29.9. The molecular formula is C25H27N7O3. The molecule has 1 aromatic carbocycles. The molecule has 1 fully saturated rings. The summed E-state index contributed by atoms with van der Waals surface area (Å²) in [6, 6.07) is 11.7. The zero-order chi connectivity index (χ0) is 24.2. The monoisotopic (exact) mass is 473 g/mol. The number of carbonyl (C=O) groups excluding carboxylic acids is 1. The topological polar surface area (TPSA) is 114 Å². The average molecular weight is 474 g/mol. The number of nitrogens with zero attached hydrogens (tertiary/aromatic N) is 7. The Kier molecular flexibility index (Phi) is 6.62. The van der Waals surface area contributed by atoms with Gasteiger partial charge in [-0.25, -0.2) is 0 Å². The van der Waals surface area contributed by atoms with Crippen molar-refractivity contribution in [2.45, 2.75) is 32.7 Å². The third kappa shape index (κ3) is 5.27. The first-order valence-corrected chi connectivity index (χ1v) is 11.7. The highest BCUT2D eigenvalue weighted by Crippen LogP contribution is 2.24. The van der Waals surface area contributed by atoms with Crippen LogP contribution in [0.3, 0.4) is 0 Å². The second kappa shape index (κ2) is 10.1. The summed E-state index contributed by atoms with van der Waals surface area (Å²) in [5.41, 5.74) is 2.95. The van der Waals surface area contributed by atoms with Gasteiger partial charge in [0.25, 0.3) is 0 Å². The second-order valence-electron chi connectivity index (χ2n) is 8.66. The van der Waals surface area contributed by atoms with Gasteiger partial charge in [0.1, 0.15) is 0 Å². The number of hydrogen-bond donors (Lipinski definition) is 0. The highest BCUT2D eigenvalue weighted by molar-refractivity contribution is 5.76. The van der Waals surface area contributed by atoms with E-state index >= 15 is 0 Å². The van der Waals surface area contributed by atoms with Crippen LogP contribution in [0.25, 0.3) is 22.8 Å². The minimum Gasteiger partial charge on any atom is -0.340 e. The van der Waals surface area contributed by atoms with E-state index in [4.69, 9.17) is 9.05 Å². The first-order valence-electron chi connectivity index (χ1n) is 11.7. The van der Waals surface area contributed by atoms with Crippen molar-refractivity contribution in [2.24, 2.45) is 0 Å². The molecule has 0 spiro atoms. The van der Waals surface area contributed by atoms with Crippen molar-refractivity contribution in [3.8, 4) is 22.8 Å². The Morgan fingerprint density at radius 3 is 2.31 bits per heavy atom. The maximum atomic E-state index is 12.7. The van der Waals surface area contributed by atoms with Crippen LogP contribution >= 0.6 is 0 Å². The van der Waals surface area contributed by atoms with Crippen LogP contribution in [-0.2, 0) is 11.2 Å². The maximum absolute atomic E-state index is 12.7. The first-order chi connectivity index (χ1) is 17.1. The molecule has 10 nitrogen and oxygen atoms in total. The molecule has 10 heteroatoms. The normalized spacial score (nSPS) is 15.3. The molecule has 1 unspecified atom stereocenters. The smallest absolute Gasteiger partial charge is 0.244 e. The van der Waals surface area contributed by atoms with Crippen LogP contribution in [0.5, 0.6) is 0 Å². The van der Waals surface area contributed by atoms with Crippen molar-refractivity contribution in [1.82, 2.24) is 35.1 Å². The molecule has 0 saturated carbocycles. The lowest BCUT2D eigenvalue weighted by atomic mass is 10.1. The largest absolute Gasteiger partial charge is 0.340 e. The second-order valence-corrected chi connectivity index (χ2v) is 8.66. The third-order valence-corrected chi connectivity index (χ3v) is 6.28. The Morgan fingerprint density at radius 2 is 1.57 bits per heavy atom. The Bertz CT molecular complexity index is 1260. The molecule has 5 rings (SSSR count). The van der Waals surface area contributed by atoms with Crippen LogP contribution < -0.4 is 0 Å². The van der Waals surface area contributed by atoms with Crippen molar-refractivity contribution in [3.05, 3.63) is 66.1 Å². The fourth-order valence-corrected chi connectivity index (χ4v) is 4.09. The Balaban J connectivity index is 1.11. The van der Waals surface area contributed by atoms with Crippen molar-refractivity contribution in [2.75, 3.05) is 26.2 Å². The summed E-state index contributed by atoms with van der Waals surface area (Å²) < 4.78 is 10.9. The van der Waals surface area contributed by atoms with E-state index in [1.807, 2.05) is 48.2 Å². The van der Waals surface area contributed by atoms with Gasteiger partial charge in [0.05, 0.1) is 6.04 Å². The van der Waals surface area contributed by atoms with E-state index in [9.17, 15) is 4.79 Å². The van der Waals surface area contributed by atoms with Crippen molar-refractivity contribution < 1.29 is 13.8 Å². The Hall–Kier alpha value is -3.92. The molecule has 1 atom stereocenters. The van der Waals surface area contributed by atoms with E-state index < -0.39 is 0 Å². The van der Waals surface area contributed by atoms with Crippen LogP contribution in [0.15, 0.2) is 57.8 Å². The lowest BCUT2D eigenvalue weighted by Gasteiger charge is -2.36. The molecule has 4 heterocycles. The van der Waals surface area contributed by atoms with Gasteiger partial charge in [-0.1, -0.05) is 40.1 Å². The van der Waals surface area contributed by atoms with Gasteiger partial charge in [-0.3, -0.25) is 14.7 Å². The fourth-order valence-electron chi connectivity index (χ4n) is 4.09. The van der Waals surface area contributed by atoms with Crippen molar-refractivity contribution >= 4 is 5.91 Å². The highest BCUT2D eigenvalue weighted by atomic mass is 16.5. The van der Waals surface area contributed by atoms with Crippen LogP contribution in [0.4, 0.5) is 0 Å². The van der Waals surface area contributed by atoms with E-state index in [2.05, 4.69) is 37.1 Å². The summed E-state index contributed by atoms with van der Waals surface area (Å²) in [5, 5.41) is 8.14. The van der Waals surface area contributed by atoms with Crippen LogP contribution in [0.2, 0.25) is 0 Å². The maximum Gasteiger partial charge on any atom is 0.244 e.